The second kappa shape index (κ2) is 6.22. The number of aromatic nitrogens is 2. The number of anilines is 2. The molecule has 0 radical (unpaired) electrons. The van der Waals surface area contributed by atoms with Crippen LogP contribution in [0.1, 0.15) is 11.1 Å². The highest BCUT2D eigenvalue weighted by atomic mass is 32.2. The van der Waals surface area contributed by atoms with E-state index in [2.05, 4.69) is 14.9 Å². The zero-order valence-electron chi connectivity index (χ0n) is 14.2. The van der Waals surface area contributed by atoms with Crippen LogP contribution in [0.3, 0.4) is 0 Å². The Morgan fingerprint density at radius 2 is 2.04 bits per heavy atom. The molecule has 134 valence electrons. The van der Waals surface area contributed by atoms with Crippen LogP contribution in [0.15, 0.2) is 42.7 Å². The first-order chi connectivity index (χ1) is 12.4. The highest BCUT2D eigenvalue weighted by Gasteiger charge is 2.24. The molecule has 7 nitrogen and oxygen atoms in total. The molecular formula is C18H18N4O3S. The molecule has 0 saturated heterocycles. The van der Waals surface area contributed by atoms with Crippen molar-refractivity contribution >= 4 is 32.4 Å². The van der Waals surface area contributed by atoms with Crippen LogP contribution in [0, 0.1) is 0 Å². The van der Waals surface area contributed by atoms with Crippen LogP contribution in [-0.2, 0) is 22.2 Å². The van der Waals surface area contributed by atoms with Gasteiger partial charge in [0.15, 0.2) is 0 Å². The summed E-state index contributed by atoms with van der Waals surface area (Å²) in [4.78, 5) is 10.9. The highest BCUT2D eigenvalue weighted by molar-refractivity contribution is 7.88. The molecule has 0 unspecified atom stereocenters. The van der Waals surface area contributed by atoms with Gasteiger partial charge in [0.1, 0.15) is 17.9 Å². The first kappa shape index (κ1) is 16.7. The van der Waals surface area contributed by atoms with Crippen molar-refractivity contribution in [2.45, 2.75) is 12.2 Å². The fourth-order valence-corrected chi connectivity index (χ4v) is 4.01. The average molecular weight is 370 g/mol. The van der Waals surface area contributed by atoms with E-state index >= 15 is 0 Å². The van der Waals surface area contributed by atoms with E-state index in [0.29, 0.717) is 5.56 Å². The quantitative estimate of drug-likeness (QED) is 0.755. The Balaban J connectivity index is 1.75. The summed E-state index contributed by atoms with van der Waals surface area (Å²) >= 11 is 0. The van der Waals surface area contributed by atoms with Gasteiger partial charge in [-0.2, -0.15) is 0 Å². The van der Waals surface area contributed by atoms with E-state index in [9.17, 15) is 8.42 Å². The maximum atomic E-state index is 11.3. The van der Waals surface area contributed by atoms with Crippen LogP contribution in [-0.4, -0.2) is 32.0 Å². The zero-order chi connectivity index (χ0) is 18.3. The summed E-state index contributed by atoms with van der Waals surface area (Å²) in [6.07, 6.45) is 2.36. The lowest BCUT2D eigenvalue weighted by atomic mass is 10.1. The molecule has 2 N–H and O–H groups in total. The second-order valence-electron chi connectivity index (χ2n) is 6.25. The lowest BCUT2D eigenvalue weighted by molar-refractivity contribution is 0.415. The third-order valence-electron chi connectivity index (χ3n) is 4.49. The number of rotatable bonds is 4. The highest BCUT2D eigenvalue weighted by Crippen LogP contribution is 2.37. The van der Waals surface area contributed by atoms with Crippen LogP contribution in [0.25, 0.3) is 10.9 Å². The van der Waals surface area contributed by atoms with Crippen LogP contribution in [0.5, 0.6) is 5.75 Å². The van der Waals surface area contributed by atoms with Crippen molar-refractivity contribution in [1.29, 1.82) is 0 Å². The molecule has 0 fully saturated rings. The number of nitrogens with two attached hydrogens (primary N) is 1. The van der Waals surface area contributed by atoms with Gasteiger partial charge in [-0.15, -0.1) is 0 Å². The van der Waals surface area contributed by atoms with Crippen molar-refractivity contribution in [3.8, 4) is 5.75 Å². The summed E-state index contributed by atoms with van der Waals surface area (Å²) in [5.74, 6) is 1.42. The average Bonchev–Trinajstić information content (AvgIpc) is 3.02. The minimum atomic E-state index is -3.54. The molecule has 0 saturated carbocycles. The van der Waals surface area contributed by atoms with Crippen LogP contribution in [0.2, 0.25) is 0 Å². The van der Waals surface area contributed by atoms with Crippen LogP contribution < -0.4 is 14.8 Å². The van der Waals surface area contributed by atoms with Gasteiger partial charge in [0.2, 0.25) is 10.0 Å². The van der Waals surface area contributed by atoms with Gasteiger partial charge in [0.25, 0.3) is 0 Å². The molecule has 1 aliphatic heterocycles. The summed E-state index contributed by atoms with van der Waals surface area (Å²) < 4.78 is 27.9. The van der Waals surface area contributed by atoms with E-state index < -0.39 is 10.0 Å². The normalized spacial score (nSPS) is 13.8. The van der Waals surface area contributed by atoms with Crippen molar-refractivity contribution in [2.75, 3.05) is 18.6 Å². The van der Waals surface area contributed by atoms with E-state index in [4.69, 9.17) is 9.88 Å². The van der Waals surface area contributed by atoms with E-state index in [-0.39, 0.29) is 5.75 Å². The number of fused-ring (bicyclic) bond motifs is 2. The summed E-state index contributed by atoms with van der Waals surface area (Å²) in [6, 6.07) is 11.4. The standard InChI is InChI=1S/C18H18N4O3S/c1-25-14-3-4-15-16(9-14)20-11-21-18(15)22-7-6-13-8-12(2-5-17(13)22)10-26(19,23)24/h2-5,8-9,11H,6-7,10H2,1H3,(H2,19,23,24). The molecule has 8 heteroatoms. The fraction of sp³-hybridized carbons (Fsp3) is 0.222. The number of primary sulfonamides is 1. The summed E-state index contributed by atoms with van der Waals surface area (Å²) in [7, 11) is -1.92. The number of hydrogen-bond acceptors (Lipinski definition) is 6. The van der Waals surface area contributed by atoms with Crippen molar-refractivity contribution in [1.82, 2.24) is 9.97 Å². The van der Waals surface area contributed by atoms with Crippen molar-refractivity contribution < 1.29 is 13.2 Å². The first-order valence-electron chi connectivity index (χ1n) is 8.13. The lowest BCUT2D eigenvalue weighted by Gasteiger charge is -2.20. The predicted octanol–water partition coefficient (Wildman–Crippen LogP) is 2.12. The smallest absolute Gasteiger partial charge is 0.213 e. The maximum Gasteiger partial charge on any atom is 0.213 e. The molecule has 0 amide bonds. The maximum absolute atomic E-state index is 11.3. The Hall–Kier alpha value is -2.71. The minimum Gasteiger partial charge on any atom is -0.497 e. The van der Waals surface area contributed by atoms with Gasteiger partial charge in [-0.25, -0.2) is 23.5 Å². The van der Waals surface area contributed by atoms with Crippen molar-refractivity contribution in [3.05, 3.63) is 53.9 Å². The molecular weight excluding hydrogens is 352 g/mol. The number of ether oxygens (including phenoxy) is 1. The Morgan fingerprint density at radius 1 is 1.19 bits per heavy atom. The molecule has 2 heterocycles. The molecule has 26 heavy (non-hydrogen) atoms. The Bertz CT molecular complexity index is 1100. The molecule has 4 rings (SSSR count). The van der Waals surface area contributed by atoms with E-state index in [1.165, 1.54) is 0 Å². The zero-order valence-corrected chi connectivity index (χ0v) is 15.0. The third-order valence-corrected chi connectivity index (χ3v) is 5.22. The van der Waals surface area contributed by atoms with E-state index in [1.807, 2.05) is 30.3 Å². The largest absolute Gasteiger partial charge is 0.497 e. The molecule has 0 spiro atoms. The van der Waals surface area contributed by atoms with Crippen LogP contribution >= 0.6 is 0 Å². The summed E-state index contributed by atoms with van der Waals surface area (Å²) in [5.41, 5.74) is 3.63. The SMILES string of the molecule is COc1ccc2c(N3CCc4cc(CS(N)(=O)=O)ccc43)ncnc2c1. The minimum absolute atomic E-state index is 0.156. The Morgan fingerprint density at radius 3 is 2.81 bits per heavy atom. The predicted molar refractivity (Wildman–Crippen MR) is 100 cm³/mol. The second-order valence-corrected chi connectivity index (χ2v) is 7.87. The van der Waals surface area contributed by atoms with Gasteiger partial charge in [-0.05, 0) is 35.7 Å². The Kier molecular flexibility index (Phi) is 4.01. The molecule has 3 aromatic rings. The van der Waals surface area contributed by atoms with Crippen molar-refractivity contribution in [3.63, 3.8) is 0 Å². The van der Waals surface area contributed by atoms with E-state index in [0.717, 1.165) is 46.7 Å². The third kappa shape index (κ3) is 3.09. The van der Waals surface area contributed by atoms with E-state index in [1.54, 1.807) is 19.5 Å². The molecule has 0 atom stereocenters. The molecule has 1 aromatic heterocycles. The number of hydrogen-bond donors (Lipinski definition) is 1. The lowest BCUT2D eigenvalue weighted by Crippen LogP contribution is -2.16. The number of nitrogens with zero attached hydrogens (tertiary/aromatic N) is 3. The van der Waals surface area contributed by atoms with Gasteiger partial charge in [0, 0.05) is 23.7 Å². The molecule has 1 aliphatic rings. The fourth-order valence-electron chi connectivity index (χ4n) is 3.36. The summed E-state index contributed by atoms with van der Waals surface area (Å²) in [6.45, 7) is 0.770. The first-order valence-corrected chi connectivity index (χ1v) is 9.85. The van der Waals surface area contributed by atoms with Gasteiger partial charge in [-0.3, -0.25) is 0 Å². The van der Waals surface area contributed by atoms with Gasteiger partial charge in [-0.1, -0.05) is 12.1 Å². The molecule has 2 aromatic carbocycles. The van der Waals surface area contributed by atoms with Crippen LogP contribution in [0.4, 0.5) is 11.5 Å². The molecule has 0 bridgehead atoms. The van der Waals surface area contributed by atoms with Gasteiger partial charge >= 0.3 is 0 Å². The van der Waals surface area contributed by atoms with Crippen molar-refractivity contribution in [2.24, 2.45) is 5.14 Å². The summed E-state index contributed by atoms with van der Waals surface area (Å²) in [5, 5.41) is 6.09. The van der Waals surface area contributed by atoms with Gasteiger partial charge in [0.05, 0.1) is 18.4 Å². The molecule has 0 aliphatic carbocycles. The Labute approximate surface area is 151 Å². The monoisotopic (exact) mass is 370 g/mol. The number of sulfonamides is 1. The number of methoxy groups -OCH3 is 1. The van der Waals surface area contributed by atoms with Gasteiger partial charge < -0.3 is 9.64 Å². The topological polar surface area (TPSA) is 98.4 Å². The number of benzene rings is 2.